The van der Waals surface area contributed by atoms with Gasteiger partial charge in [0.1, 0.15) is 0 Å². The van der Waals surface area contributed by atoms with Crippen molar-refractivity contribution in [2.45, 2.75) is 43.4 Å². The molecule has 1 N–H and O–H groups in total. The zero-order valence-electron chi connectivity index (χ0n) is 17.1. The van der Waals surface area contributed by atoms with Crippen LogP contribution in [-0.4, -0.2) is 38.8 Å². The molecule has 1 fully saturated rings. The summed E-state index contributed by atoms with van der Waals surface area (Å²) in [5.74, 6) is -0.680. The van der Waals surface area contributed by atoms with Gasteiger partial charge in [0.25, 0.3) is 0 Å². The molecule has 8 heteroatoms. The predicted molar refractivity (Wildman–Crippen MR) is 114 cm³/mol. The molecule has 0 radical (unpaired) electrons. The number of aryl methyl sites for hydroxylation is 1. The molecule has 0 unspecified atom stereocenters. The van der Waals surface area contributed by atoms with Crippen molar-refractivity contribution >= 4 is 21.6 Å². The molecule has 1 aliphatic rings. The van der Waals surface area contributed by atoms with E-state index in [1.165, 1.54) is 19.2 Å². The molecule has 1 aliphatic heterocycles. The maximum absolute atomic E-state index is 13.7. The molecule has 0 bridgehead atoms. The number of methoxy groups -OCH3 is 1. The van der Waals surface area contributed by atoms with Gasteiger partial charge in [0, 0.05) is 31.3 Å². The molecular formula is C22H27FN2O4S. The molecule has 0 aliphatic carbocycles. The molecule has 0 saturated carbocycles. The second-order valence-corrected chi connectivity index (χ2v) is 9.30. The lowest BCUT2D eigenvalue weighted by Gasteiger charge is -2.20. The summed E-state index contributed by atoms with van der Waals surface area (Å²) in [6, 6.07) is 10.9. The second kappa shape index (κ2) is 10.0. The average molecular weight is 435 g/mol. The van der Waals surface area contributed by atoms with Crippen LogP contribution >= 0.6 is 0 Å². The van der Waals surface area contributed by atoms with Crippen LogP contribution in [0.15, 0.2) is 47.4 Å². The van der Waals surface area contributed by atoms with Gasteiger partial charge in [0.05, 0.1) is 12.0 Å². The summed E-state index contributed by atoms with van der Waals surface area (Å²) >= 11 is 0. The van der Waals surface area contributed by atoms with Crippen molar-refractivity contribution in [1.29, 1.82) is 0 Å². The van der Waals surface area contributed by atoms with Crippen molar-refractivity contribution in [3.05, 3.63) is 53.8 Å². The SMILES string of the molecule is COc1ccc(NC(=O)CCc2ccc(S(=O)(=O)N3CCCCCC3)cc2)cc1F. The monoisotopic (exact) mass is 434 g/mol. The summed E-state index contributed by atoms with van der Waals surface area (Å²) in [5.41, 5.74) is 1.22. The number of hydrogen-bond acceptors (Lipinski definition) is 4. The normalized spacial score (nSPS) is 15.4. The standard InChI is InChI=1S/C22H27FN2O4S/c1-29-21-12-9-18(16-20(21)23)24-22(26)13-8-17-6-10-19(11-7-17)30(27,28)25-14-4-2-3-5-15-25/h6-7,9-12,16H,2-5,8,13-15H2,1H3,(H,24,26). The van der Waals surface area contributed by atoms with E-state index in [1.54, 1.807) is 34.6 Å². The van der Waals surface area contributed by atoms with E-state index in [1.807, 2.05) is 0 Å². The number of sulfonamides is 1. The van der Waals surface area contributed by atoms with Crippen molar-refractivity contribution in [1.82, 2.24) is 4.31 Å². The highest BCUT2D eigenvalue weighted by atomic mass is 32.2. The van der Waals surface area contributed by atoms with Gasteiger partial charge in [-0.1, -0.05) is 25.0 Å². The topological polar surface area (TPSA) is 75.7 Å². The third-order valence-corrected chi connectivity index (χ3v) is 7.12. The lowest BCUT2D eigenvalue weighted by Crippen LogP contribution is -2.31. The Kier molecular flexibility index (Phi) is 7.44. The van der Waals surface area contributed by atoms with Crippen molar-refractivity contribution < 1.29 is 22.3 Å². The van der Waals surface area contributed by atoms with E-state index in [2.05, 4.69) is 5.32 Å². The Labute approximate surface area is 177 Å². The molecule has 30 heavy (non-hydrogen) atoms. The van der Waals surface area contributed by atoms with Crippen molar-refractivity contribution in [2.24, 2.45) is 0 Å². The minimum absolute atomic E-state index is 0.114. The summed E-state index contributed by atoms with van der Waals surface area (Å²) in [6.45, 7) is 1.13. The molecule has 0 aromatic heterocycles. The van der Waals surface area contributed by atoms with Crippen LogP contribution in [0.4, 0.5) is 10.1 Å². The van der Waals surface area contributed by atoms with Crippen molar-refractivity contribution in [3.63, 3.8) is 0 Å². The fourth-order valence-electron chi connectivity index (χ4n) is 3.48. The molecule has 3 rings (SSSR count). The van der Waals surface area contributed by atoms with Crippen LogP contribution in [0.5, 0.6) is 5.75 Å². The summed E-state index contributed by atoms with van der Waals surface area (Å²) in [7, 11) is -2.10. The smallest absolute Gasteiger partial charge is 0.243 e. The highest BCUT2D eigenvalue weighted by molar-refractivity contribution is 7.89. The van der Waals surface area contributed by atoms with Gasteiger partial charge < -0.3 is 10.1 Å². The highest BCUT2D eigenvalue weighted by Gasteiger charge is 2.24. The second-order valence-electron chi connectivity index (χ2n) is 7.36. The first kappa shape index (κ1) is 22.2. The van der Waals surface area contributed by atoms with Crippen LogP contribution in [0.3, 0.4) is 0 Å². The van der Waals surface area contributed by atoms with Crippen molar-refractivity contribution in [2.75, 3.05) is 25.5 Å². The Morgan fingerprint density at radius 2 is 1.73 bits per heavy atom. The number of halogens is 1. The minimum Gasteiger partial charge on any atom is -0.494 e. The largest absolute Gasteiger partial charge is 0.494 e. The fourth-order valence-corrected chi connectivity index (χ4v) is 5.00. The summed E-state index contributed by atoms with van der Waals surface area (Å²) in [4.78, 5) is 12.4. The number of carbonyl (C=O) groups is 1. The van der Waals surface area contributed by atoms with E-state index in [0.717, 1.165) is 31.2 Å². The lowest BCUT2D eigenvalue weighted by molar-refractivity contribution is -0.116. The van der Waals surface area contributed by atoms with E-state index < -0.39 is 15.8 Å². The Balaban J connectivity index is 1.56. The van der Waals surface area contributed by atoms with E-state index in [4.69, 9.17) is 4.74 Å². The molecule has 6 nitrogen and oxygen atoms in total. The quantitative estimate of drug-likeness (QED) is 0.716. The van der Waals surface area contributed by atoms with Gasteiger partial charge in [0.15, 0.2) is 11.6 Å². The molecule has 162 valence electrons. The average Bonchev–Trinajstić information content (AvgIpc) is 3.03. The third kappa shape index (κ3) is 5.58. The van der Waals surface area contributed by atoms with Crippen molar-refractivity contribution in [3.8, 4) is 5.75 Å². The molecule has 1 heterocycles. The first-order valence-electron chi connectivity index (χ1n) is 10.1. The van der Waals surface area contributed by atoms with Gasteiger partial charge in [-0.25, -0.2) is 12.8 Å². The molecular weight excluding hydrogens is 407 g/mol. The molecule has 1 saturated heterocycles. The number of benzene rings is 2. The molecule has 2 aromatic rings. The van der Waals surface area contributed by atoms with Crippen LogP contribution in [0.2, 0.25) is 0 Å². The number of ether oxygens (including phenoxy) is 1. The van der Waals surface area contributed by atoms with E-state index in [-0.39, 0.29) is 23.0 Å². The van der Waals surface area contributed by atoms with Crippen LogP contribution < -0.4 is 10.1 Å². The van der Waals surface area contributed by atoms with Gasteiger partial charge in [-0.15, -0.1) is 0 Å². The zero-order chi connectivity index (χ0) is 21.6. The zero-order valence-corrected chi connectivity index (χ0v) is 17.9. The van der Waals surface area contributed by atoms with Gasteiger partial charge in [-0.05, 0) is 49.1 Å². The Hall–Kier alpha value is -2.45. The van der Waals surface area contributed by atoms with Crippen LogP contribution in [0.25, 0.3) is 0 Å². The number of amides is 1. The number of rotatable bonds is 7. The number of hydrogen-bond donors (Lipinski definition) is 1. The van der Waals surface area contributed by atoms with E-state index >= 15 is 0 Å². The van der Waals surface area contributed by atoms with Crippen LogP contribution in [0.1, 0.15) is 37.7 Å². The lowest BCUT2D eigenvalue weighted by atomic mass is 10.1. The first-order valence-corrected chi connectivity index (χ1v) is 11.6. The summed E-state index contributed by atoms with van der Waals surface area (Å²) in [5, 5.41) is 2.65. The van der Waals surface area contributed by atoms with Crippen LogP contribution in [0, 0.1) is 5.82 Å². The molecule has 0 spiro atoms. The van der Waals surface area contributed by atoms with Gasteiger partial charge >= 0.3 is 0 Å². The Bertz CT molecular complexity index is 969. The Morgan fingerprint density at radius 3 is 2.33 bits per heavy atom. The third-order valence-electron chi connectivity index (χ3n) is 5.20. The summed E-state index contributed by atoms with van der Waals surface area (Å²) in [6.07, 6.45) is 4.57. The number of carbonyl (C=O) groups excluding carboxylic acids is 1. The minimum atomic E-state index is -3.48. The van der Waals surface area contributed by atoms with E-state index in [0.29, 0.717) is 25.2 Å². The predicted octanol–water partition coefficient (Wildman–Crippen LogP) is 3.97. The molecule has 1 amide bonds. The highest BCUT2D eigenvalue weighted by Crippen LogP contribution is 2.22. The molecule has 2 aromatic carbocycles. The fraction of sp³-hybridized carbons (Fsp3) is 0.409. The van der Waals surface area contributed by atoms with Gasteiger partial charge in [-0.3, -0.25) is 4.79 Å². The molecule has 0 atom stereocenters. The maximum atomic E-state index is 13.7. The maximum Gasteiger partial charge on any atom is 0.243 e. The van der Waals surface area contributed by atoms with Gasteiger partial charge in [0.2, 0.25) is 15.9 Å². The first-order chi connectivity index (χ1) is 14.4. The number of nitrogens with zero attached hydrogens (tertiary/aromatic N) is 1. The van der Waals surface area contributed by atoms with Crippen LogP contribution in [-0.2, 0) is 21.2 Å². The summed E-state index contributed by atoms with van der Waals surface area (Å²) < 4.78 is 45.8. The number of nitrogens with one attached hydrogen (secondary N) is 1. The Morgan fingerprint density at radius 1 is 1.07 bits per heavy atom. The van der Waals surface area contributed by atoms with E-state index in [9.17, 15) is 17.6 Å². The number of anilines is 1. The van der Waals surface area contributed by atoms with Gasteiger partial charge in [-0.2, -0.15) is 4.31 Å².